The number of esters is 1. The number of methoxy groups -OCH3 is 2. The first-order valence-corrected chi connectivity index (χ1v) is 10.7. The summed E-state index contributed by atoms with van der Waals surface area (Å²) in [6, 6.07) is 9.47. The average Bonchev–Trinajstić information content (AvgIpc) is 3.18. The van der Waals surface area contributed by atoms with E-state index in [4.69, 9.17) is 18.9 Å². The molecule has 1 aliphatic carbocycles. The van der Waals surface area contributed by atoms with Gasteiger partial charge in [-0.05, 0) is 42.5 Å². The second-order valence-electron chi connectivity index (χ2n) is 7.46. The van der Waals surface area contributed by atoms with Crippen molar-refractivity contribution in [1.29, 1.82) is 0 Å². The van der Waals surface area contributed by atoms with Crippen LogP contribution in [0.15, 0.2) is 30.3 Å². The van der Waals surface area contributed by atoms with Gasteiger partial charge in [0.05, 0.1) is 20.1 Å². The van der Waals surface area contributed by atoms with Gasteiger partial charge in [-0.15, -0.1) is 0 Å². The van der Waals surface area contributed by atoms with Gasteiger partial charge in [0.25, 0.3) is 0 Å². The lowest BCUT2D eigenvalue weighted by Crippen LogP contribution is -2.19. The Hall–Kier alpha value is -3.02. The van der Waals surface area contributed by atoms with Gasteiger partial charge >= 0.3 is 5.97 Å². The van der Waals surface area contributed by atoms with E-state index in [1.807, 2.05) is 44.2 Å². The fraction of sp³-hybridized carbons (Fsp3) is 0.440. The molecule has 6 nitrogen and oxygen atoms in total. The van der Waals surface area contributed by atoms with E-state index in [0.717, 1.165) is 35.1 Å². The first-order chi connectivity index (χ1) is 15.0. The average molecular weight is 427 g/mol. The number of Topliss-reactive ketones (excluding diaryl/α,β-unsaturated/α-hetero) is 1. The Kier molecular flexibility index (Phi) is 7.55. The van der Waals surface area contributed by atoms with E-state index < -0.39 is 0 Å². The summed E-state index contributed by atoms with van der Waals surface area (Å²) in [6.45, 7) is 4.27. The molecule has 0 bridgehead atoms. The van der Waals surface area contributed by atoms with Gasteiger partial charge < -0.3 is 18.9 Å². The van der Waals surface area contributed by atoms with Crippen molar-refractivity contribution < 1.29 is 28.5 Å². The standard InChI is InChI=1S/C25H30O6/c1-5-16(6-2)25(27)31-15-14-30-23-20(11-13-22(28-3)24(23)29-4)17-8-7-9-19-18(17)10-12-21(19)26/h7-9,11,13,16H,5-6,10,12,14-15H2,1-4H3. The molecule has 1 aliphatic rings. The number of carbonyl (C=O) groups is 2. The van der Waals surface area contributed by atoms with Crippen LogP contribution >= 0.6 is 0 Å². The summed E-state index contributed by atoms with van der Waals surface area (Å²) in [6.07, 6.45) is 2.72. The summed E-state index contributed by atoms with van der Waals surface area (Å²) in [7, 11) is 3.12. The van der Waals surface area contributed by atoms with Crippen LogP contribution in [0.4, 0.5) is 0 Å². The first kappa shape index (κ1) is 22.7. The molecule has 0 unspecified atom stereocenters. The Morgan fingerprint density at radius 3 is 2.32 bits per heavy atom. The highest BCUT2D eigenvalue weighted by atomic mass is 16.6. The van der Waals surface area contributed by atoms with E-state index in [1.54, 1.807) is 14.2 Å². The third-order valence-corrected chi connectivity index (χ3v) is 5.76. The molecule has 0 amide bonds. The van der Waals surface area contributed by atoms with E-state index >= 15 is 0 Å². The molecule has 2 aromatic carbocycles. The number of hydrogen-bond acceptors (Lipinski definition) is 6. The first-order valence-electron chi connectivity index (χ1n) is 10.7. The summed E-state index contributed by atoms with van der Waals surface area (Å²) in [5, 5.41) is 0. The maximum absolute atomic E-state index is 12.2. The van der Waals surface area contributed by atoms with Gasteiger partial charge in [-0.2, -0.15) is 0 Å². The van der Waals surface area contributed by atoms with E-state index in [2.05, 4.69) is 0 Å². The van der Waals surface area contributed by atoms with E-state index in [0.29, 0.717) is 30.1 Å². The second kappa shape index (κ2) is 10.3. The highest BCUT2D eigenvalue weighted by Crippen LogP contribution is 2.46. The minimum Gasteiger partial charge on any atom is -0.493 e. The van der Waals surface area contributed by atoms with Crippen LogP contribution in [0.25, 0.3) is 11.1 Å². The predicted octanol–water partition coefficient (Wildman–Crippen LogP) is 4.86. The van der Waals surface area contributed by atoms with Gasteiger partial charge in [-0.1, -0.05) is 32.0 Å². The molecule has 0 N–H and O–H groups in total. The van der Waals surface area contributed by atoms with Crippen LogP contribution in [0, 0.1) is 5.92 Å². The molecule has 0 spiro atoms. The molecule has 0 fully saturated rings. The van der Waals surface area contributed by atoms with Crippen LogP contribution in [0.5, 0.6) is 17.2 Å². The zero-order valence-corrected chi connectivity index (χ0v) is 18.7. The van der Waals surface area contributed by atoms with Crippen LogP contribution in [0.3, 0.4) is 0 Å². The summed E-state index contributed by atoms with van der Waals surface area (Å²) in [5.74, 6) is 1.38. The number of benzene rings is 2. The maximum atomic E-state index is 12.2. The van der Waals surface area contributed by atoms with Crippen LogP contribution in [-0.4, -0.2) is 39.2 Å². The lowest BCUT2D eigenvalue weighted by Gasteiger charge is -2.19. The number of carbonyl (C=O) groups excluding carboxylic acids is 2. The quantitative estimate of drug-likeness (QED) is 0.399. The molecule has 0 saturated heterocycles. The van der Waals surface area contributed by atoms with Crippen LogP contribution in [0.1, 0.15) is 49.0 Å². The van der Waals surface area contributed by atoms with Gasteiger partial charge in [-0.25, -0.2) is 0 Å². The molecule has 3 rings (SSSR count). The lowest BCUT2D eigenvalue weighted by atomic mass is 9.95. The smallest absolute Gasteiger partial charge is 0.309 e. The van der Waals surface area contributed by atoms with Crippen molar-refractivity contribution >= 4 is 11.8 Å². The van der Waals surface area contributed by atoms with Crippen molar-refractivity contribution in [2.75, 3.05) is 27.4 Å². The lowest BCUT2D eigenvalue weighted by molar-refractivity contribution is -0.149. The van der Waals surface area contributed by atoms with Gasteiger partial charge in [0.15, 0.2) is 17.3 Å². The molecule has 0 atom stereocenters. The summed E-state index contributed by atoms with van der Waals surface area (Å²) in [5.41, 5.74) is 3.53. The molecule has 0 aromatic heterocycles. The number of ether oxygens (including phenoxy) is 4. The molecule has 31 heavy (non-hydrogen) atoms. The van der Waals surface area contributed by atoms with Gasteiger partial charge in [0, 0.05) is 17.5 Å². The van der Waals surface area contributed by atoms with Crippen molar-refractivity contribution in [1.82, 2.24) is 0 Å². The number of ketones is 1. The molecule has 0 aliphatic heterocycles. The van der Waals surface area contributed by atoms with E-state index in [-0.39, 0.29) is 30.9 Å². The topological polar surface area (TPSA) is 71.1 Å². The highest BCUT2D eigenvalue weighted by Gasteiger charge is 2.26. The molecule has 6 heteroatoms. The summed E-state index contributed by atoms with van der Waals surface area (Å²) in [4.78, 5) is 24.3. The highest BCUT2D eigenvalue weighted by molar-refractivity contribution is 6.02. The number of hydrogen-bond donors (Lipinski definition) is 0. The maximum Gasteiger partial charge on any atom is 0.309 e. The Morgan fingerprint density at radius 2 is 1.65 bits per heavy atom. The fourth-order valence-electron chi connectivity index (χ4n) is 4.02. The third-order valence-electron chi connectivity index (χ3n) is 5.76. The number of rotatable bonds is 10. The molecule has 0 heterocycles. The molecule has 166 valence electrons. The minimum absolute atomic E-state index is 0.0913. The predicted molar refractivity (Wildman–Crippen MR) is 118 cm³/mol. The van der Waals surface area contributed by atoms with Crippen molar-refractivity contribution in [2.24, 2.45) is 5.92 Å². The zero-order chi connectivity index (χ0) is 22.4. The molecule has 2 aromatic rings. The van der Waals surface area contributed by atoms with Gasteiger partial charge in [-0.3, -0.25) is 9.59 Å². The van der Waals surface area contributed by atoms with Crippen molar-refractivity contribution in [3.63, 3.8) is 0 Å². The van der Waals surface area contributed by atoms with Crippen molar-refractivity contribution in [3.05, 3.63) is 41.5 Å². The second-order valence-corrected chi connectivity index (χ2v) is 7.46. The van der Waals surface area contributed by atoms with Crippen LogP contribution in [-0.2, 0) is 16.0 Å². The third kappa shape index (κ3) is 4.68. The largest absolute Gasteiger partial charge is 0.493 e. The molecular weight excluding hydrogens is 396 g/mol. The summed E-state index contributed by atoms with van der Waals surface area (Å²) < 4.78 is 22.5. The van der Waals surface area contributed by atoms with E-state index in [1.165, 1.54) is 0 Å². The Morgan fingerprint density at radius 1 is 0.903 bits per heavy atom. The molecule has 0 saturated carbocycles. The van der Waals surface area contributed by atoms with Crippen LogP contribution < -0.4 is 14.2 Å². The van der Waals surface area contributed by atoms with Crippen LogP contribution in [0.2, 0.25) is 0 Å². The Balaban J connectivity index is 1.89. The van der Waals surface area contributed by atoms with Crippen molar-refractivity contribution in [2.45, 2.75) is 39.5 Å². The molecular formula is C25H30O6. The fourth-order valence-corrected chi connectivity index (χ4v) is 4.02. The monoisotopic (exact) mass is 426 g/mol. The SMILES string of the molecule is CCC(CC)C(=O)OCCOc1c(-c2cccc3c2CCC3=O)ccc(OC)c1OC. The Labute approximate surface area is 183 Å². The minimum atomic E-state index is -0.203. The van der Waals surface area contributed by atoms with Gasteiger partial charge in [0.2, 0.25) is 5.75 Å². The Bertz CT molecular complexity index is 945. The summed E-state index contributed by atoms with van der Waals surface area (Å²) >= 11 is 0. The number of fused-ring (bicyclic) bond motifs is 1. The van der Waals surface area contributed by atoms with E-state index in [9.17, 15) is 9.59 Å². The van der Waals surface area contributed by atoms with Crippen molar-refractivity contribution in [3.8, 4) is 28.4 Å². The normalized spacial score (nSPS) is 12.6. The zero-order valence-electron chi connectivity index (χ0n) is 18.7. The molecule has 0 radical (unpaired) electrons. The van der Waals surface area contributed by atoms with Gasteiger partial charge in [0.1, 0.15) is 13.2 Å².